The van der Waals surface area contributed by atoms with Crippen molar-refractivity contribution in [3.05, 3.63) is 23.2 Å². The average molecular weight is 257 g/mol. The lowest BCUT2D eigenvalue weighted by molar-refractivity contribution is 0.648. The quantitative estimate of drug-likeness (QED) is 0.895. The summed E-state index contributed by atoms with van der Waals surface area (Å²) >= 11 is 7.92. The topological polar surface area (TPSA) is 15.3 Å². The number of halogens is 1. The maximum Gasteiger partial charge on any atom is 0.0508 e. The van der Waals surface area contributed by atoms with E-state index in [0.717, 1.165) is 23.9 Å². The highest BCUT2D eigenvalue weighted by Crippen LogP contribution is 2.38. The molecule has 0 amide bonds. The molecule has 1 aromatic rings. The molecule has 0 radical (unpaired) electrons. The molecule has 4 heteroatoms. The molecule has 0 aliphatic carbocycles. The predicted molar refractivity (Wildman–Crippen MR) is 72.9 cm³/mol. The van der Waals surface area contributed by atoms with Gasteiger partial charge in [0.2, 0.25) is 0 Å². The van der Waals surface area contributed by atoms with Gasteiger partial charge in [-0.1, -0.05) is 11.6 Å². The zero-order chi connectivity index (χ0) is 11.5. The average Bonchev–Trinajstić information content (AvgIpc) is 2.28. The van der Waals surface area contributed by atoms with Crippen LogP contribution in [0.15, 0.2) is 23.1 Å². The van der Waals surface area contributed by atoms with Crippen LogP contribution in [-0.4, -0.2) is 31.9 Å². The second kappa shape index (κ2) is 5.30. The van der Waals surface area contributed by atoms with Crippen LogP contribution in [0.5, 0.6) is 0 Å². The highest BCUT2D eigenvalue weighted by Gasteiger charge is 2.22. The van der Waals surface area contributed by atoms with Crippen LogP contribution in [0.3, 0.4) is 0 Å². The molecule has 0 spiro atoms. The van der Waals surface area contributed by atoms with Crippen LogP contribution in [0.25, 0.3) is 0 Å². The van der Waals surface area contributed by atoms with Crippen LogP contribution in [0.2, 0.25) is 5.02 Å². The molecule has 2 rings (SSSR count). The summed E-state index contributed by atoms with van der Waals surface area (Å²) in [6.07, 6.45) is 0. The summed E-state index contributed by atoms with van der Waals surface area (Å²) in [4.78, 5) is 3.76. The molecule has 0 saturated carbocycles. The molecule has 1 aliphatic rings. The molecular weight excluding hydrogens is 240 g/mol. The summed E-state index contributed by atoms with van der Waals surface area (Å²) in [6.45, 7) is 4.34. The van der Waals surface area contributed by atoms with Crippen LogP contribution in [0.4, 0.5) is 5.69 Å². The number of anilines is 1. The van der Waals surface area contributed by atoms with Crippen LogP contribution in [0.1, 0.15) is 6.92 Å². The Balaban J connectivity index is 2.25. The molecule has 0 aromatic heterocycles. The Labute approximate surface area is 106 Å². The summed E-state index contributed by atoms with van der Waals surface area (Å²) < 4.78 is 0. The Hall–Kier alpha value is -0.380. The zero-order valence-electron chi connectivity index (χ0n) is 9.66. The molecule has 1 aromatic carbocycles. The lowest BCUT2D eigenvalue weighted by Gasteiger charge is -2.36. The summed E-state index contributed by atoms with van der Waals surface area (Å²) in [6, 6.07) is 6.77. The molecule has 1 heterocycles. The van der Waals surface area contributed by atoms with E-state index >= 15 is 0 Å². The number of nitrogens with zero attached hydrogens (tertiary/aromatic N) is 1. The van der Waals surface area contributed by atoms with E-state index in [4.69, 9.17) is 11.6 Å². The maximum atomic E-state index is 6.02. The number of hydrogen-bond acceptors (Lipinski definition) is 3. The van der Waals surface area contributed by atoms with E-state index < -0.39 is 0 Å². The third-order valence-corrected chi connectivity index (χ3v) is 4.37. The Morgan fingerprint density at radius 2 is 2.38 bits per heavy atom. The third-order valence-electron chi connectivity index (χ3n) is 2.85. The monoisotopic (exact) mass is 256 g/mol. The first-order valence-corrected chi connectivity index (χ1v) is 6.92. The minimum absolute atomic E-state index is 0.590. The van der Waals surface area contributed by atoms with Gasteiger partial charge >= 0.3 is 0 Å². The van der Waals surface area contributed by atoms with E-state index in [0.29, 0.717) is 6.04 Å². The number of nitrogens with one attached hydrogen (secondary N) is 1. The lowest BCUT2D eigenvalue weighted by atomic mass is 10.2. The van der Waals surface area contributed by atoms with Gasteiger partial charge in [-0.25, -0.2) is 0 Å². The fraction of sp³-hybridized carbons (Fsp3) is 0.500. The van der Waals surface area contributed by atoms with Crippen molar-refractivity contribution in [2.24, 2.45) is 0 Å². The molecule has 0 fully saturated rings. The van der Waals surface area contributed by atoms with Crippen molar-refractivity contribution in [3.8, 4) is 0 Å². The van der Waals surface area contributed by atoms with Crippen LogP contribution in [-0.2, 0) is 0 Å². The van der Waals surface area contributed by atoms with Gasteiger partial charge in [-0.05, 0) is 32.2 Å². The van der Waals surface area contributed by atoms with Gasteiger partial charge in [0.25, 0.3) is 0 Å². The summed E-state index contributed by atoms with van der Waals surface area (Å²) in [5, 5.41) is 4.03. The Morgan fingerprint density at radius 1 is 1.56 bits per heavy atom. The summed E-state index contributed by atoms with van der Waals surface area (Å²) in [5.41, 5.74) is 1.32. The number of rotatable bonds is 3. The van der Waals surface area contributed by atoms with Crippen LogP contribution < -0.4 is 10.2 Å². The van der Waals surface area contributed by atoms with Crippen molar-refractivity contribution in [2.45, 2.75) is 17.9 Å². The van der Waals surface area contributed by atoms with Gasteiger partial charge in [0, 0.05) is 34.8 Å². The Bertz CT molecular complexity index is 370. The normalized spacial score (nSPS) is 19.7. The molecule has 16 heavy (non-hydrogen) atoms. The highest BCUT2D eigenvalue weighted by molar-refractivity contribution is 7.99. The Morgan fingerprint density at radius 3 is 3.12 bits per heavy atom. The lowest BCUT2D eigenvalue weighted by Crippen LogP contribution is -2.41. The number of benzene rings is 1. The Kier molecular flexibility index (Phi) is 4.00. The molecule has 2 nitrogen and oxygen atoms in total. The fourth-order valence-electron chi connectivity index (χ4n) is 1.95. The number of hydrogen-bond donors (Lipinski definition) is 1. The van der Waals surface area contributed by atoms with Gasteiger partial charge in [0.1, 0.15) is 0 Å². The largest absolute Gasteiger partial charge is 0.366 e. The first-order valence-electron chi connectivity index (χ1n) is 5.56. The van der Waals surface area contributed by atoms with Crippen molar-refractivity contribution in [1.82, 2.24) is 5.32 Å². The smallest absolute Gasteiger partial charge is 0.0508 e. The van der Waals surface area contributed by atoms with Gasteiger partial charge in [0.15, 0.2) is 0 Å². The molecule has 0 bridgehead atoms. The van der Waals surface area contributed by atoms with Crippen LogP contribution in [0, 0.1) is 0 Å². The highest BCUT2D eigenvalue weighted by atomic mass is 35.5. The van der Waals surface area contributed by atoms with Crippen molar-refractivity contribution < 1.29 is 0 Å². The van der Waals surface area contributed by atoms with Gasteiger partial charge in [-0.15, -0.1) is 11.8 Å². The second-order valence-corrected chi connectivity index (χ2v) is 5.57. The van der Waals surface area contributed by atoms with Crippen molar-refractivity contribution in [3.63, 3.8) is 0 Å². The van der Waals surface area contributed by atoms with E-state index in [1.54, 1.807) is 0 Å². The van der Waals surface area contributed by atoms with E-state index in [1.807, 2.05) is 24.9 Å². The van der Waals surface area contributed by atoms with Gasteiger partial charge in [-0.2, -0.15) is 0 Å². The maximum absolute atomic E-state index is 6.02. The van der Waals surface area contributed by atoms with Crippen LogP contribution >= 0.6 is 23.4 Å². The van der Waals surface area contributed by atoms with E-state index in [2.05, 4.69) is 29.3 Å². The molecular formula is C12H17ClN2S. The first kappa shape index (κ1) is 12.1. The zero-order valence-corrected chi connectivity index (χ0v) is 11.2. The van der Waals surface area contributed by atoms with E-state index in [1.165, 1.54) is 10.6 Å². The summed E-state index contributed by atoms with van der Waals surface area (Å²) in [5.74, 6) is 1.14. The number of likely N-dealkylation sites (N-methyl/N-ethyl adjacent to an activating group) is 1. The van der Waals surface area contributed by atoms with E-state index in [-0.39, 0.29) is 0 Å². The minimum atomic E-state index is 0.590. The van der Waals surface area contributed by atoms with Gasteiger partial charge < -0.3 is 10.2 Å². The van der Waals surface area contributed by atoms with Crippen molar-refractivity contribution in [1.29, 1.82) is 0 Å². The SMILES string of the molecule is CNCCN1c2ccc(Cl)cc2SCC1C. The molecule has 0 saturated heterocycles. The fourth-order valence-corrected chi connectivity index (χ4v) is 3.33. The molecule has 1 N–H and O–H groups in total. The second-order valence-electron chi connectivity index (χ2n) is 4.07. The standard InChI is InChI=1S/C12H17ClN2S/c1-9-8-16-12-7-10(13)3-4-11(12)15(9)6-5-14-2/h3-4,7,9,14H,5-6,8H2,1-2H3. The molecule has 1 atom stereocenters. The first-order chi connectivity index (χ1) is 7.72. The third kappa shape index (κ3) is 2.47. The number of fused-ring (bicyclic) bond motifs is 1. The molecule has 88 valence electrons. The molecule has 1 unspecified atom stereocenters. The van der Waals surface area contributed by atoms with Crippen molar-refractivity contribution >= 4 is 29.1 Å². The number of thioether (sulfide) groups is 1. The minimum Gasteiger partial charge on any atom is -0.366 e. The van der Waals surface area contributed by atoms with Gasteiger partial charge in [-0.3, -0.25) is 0 Å². The summed E-state index contributed by atoms with van der Waals surface area (Å²) in [7, 11) is 1.99. The van der Waals surface area contributed by atoms with Crippen molar-refractivity contribution in [2.75, 3.05) is 30.8 Å². The predicted octanol–water partition coefficient (Wildman–Crippen LogP) is 2.86. The molecule has 1 aliphatic heterocycles. The van der Waals surface area contributed by atoms with E-state index in [9.17, 15) is 0 Å². The van der Waals surface area contributed by atoms with Gasteiger partial charge in [0.05, 0.1) is 5.69 Å².